The molecule has 0 aliphatic rings. The monoisotopic (exact) mass is 274 g/mol. The van der Waals surface area contributed by atoms with Gasteiger partial charge >= 0.3 is 5.97 Å². The van der Waals surface area contributed by atoms with E-state index < -0.39 is 11.8 Å². The molecule has 0 aliphatic carbocycles. The third kappa shape index (κ3) is 3.06. The SMILES string of the molecule is COc1ccc(Br)c(/C=C(/F)C(=O)O)c1. The minimum Gasteiger partial charge on any atom is -0.497 e. The third-order valence-corrected chi connectivity index (χ3v) is 2.41. The second-order valence-corrected chi connectivity index (χ2v) is 3.54. The lowest BCUT2D eigenvalue weighted by molar-refractivity contribution is -0.134. The Kier molecular flexibility index (Phi) is 3.85. The van der Waals surface area contributed by atoms with Gasteiger partial charge in [-0.2, -0.15) is 4.39 Å². The van der Waals surface area contributed by atoms with Gasteiger partial charge in [0.05, 0.1) is 7.11 Å². The molecule has 5 heteroatoms. The Labute approximate surface area is 94.3 Å². The Morgan fingerprint density at radius 3 is 2.80 bits per heavy atom. The van der Waals surface area contributed by atoms with E-state index in [-0.39, 0.29) is 0 Å². The average Bonchev–Trinajstić information content (AvgIpc) is 2.21. The number of carbonyl (C=O) groups is 1. The highest BCUT2D eigenvalue weighted by Gasteiger charge is 2.07. The van der Waals surface area contributed by atoms with Crippen molar-refractivity contribution in [2.24, 2.45) is 0 Å². The Balaban J connectivity index is 3.13. The van der Waals surface area contributed by atoms with E-state index in [1.165, 1.54) is 13.2 Å². The first-order valence-electron chi connectivity index (χ1n) is 3.98. The van der Waals surface area contributed by atoms with Gasteiger partial charge in [-0.15, -0.1) is 0 Å². The van der Waals surface area contributed by atoms with Crippen LogP contribution >= 0.6 is 15.9 Å². The van der Waals surface area contributed by atoms with Crippen molar-refractivity contribution >= 4 is 28.0 Å². The molecule has 0 spiro atoms. The van der Waals surface area contributed by atoms with E-state index in [2.05, 4.69) is 15.9 Å². The second-order valence-electron chi connectivity index (χ2n) is 2.68. The van der Waals surface area contributed by atoms with Crippen molar-refractivity contribution in [3.8, 4) is 5.75 Å². The molecule has 0 bridgehead atoms. The summed E-state index contributed by atoms with van der Waals surface area (Å²) in [5.41, 5.74) is 0.411. The van der Waals surface area contributed by atoms with Gasteiger partial charge in [-0.05, 0) is 29.8 Å². The molecule has 0 fully saturated rings. The molecule has 0 saturated carbocycles. The number of ether oxygens (including phenoxy) is 1. The van der Waals surface area contributed by atoms with Crippen LogP contribution in [0.4, 0.5) is 4.39 Å². The van der Waals surface area contributed by atoms with Gasteiger partial charge < -0.3 is 9.84 Å². The number of hydrogen-bond acceptors (Lipinski definition) is 2. The Morgan fingerprint density at radius 2 is 2.27 bits per heavy atom. The van der Waals surface area contributed by atoms with Crippen molar-refractivity contribution in [3.63, 3.8) is 0 Å². The molecular formula is C10H8BrFO3. The molecule has 1 rings (SSSR count). The van der Waals surface area contributed by atoms with Crippen LogP contribution in [0, 0.1) is 0 Å². The first-order valence-corrected chi connectivity index (χ1v) is 4.78. The number of benzene rings is 1. The normalized spacial score (nSPS) is 11.3. The maximum absolute atomic E-state index is 12.8. The number of carboxylic acids is 1. The molecule has 1 aromatic rings. The Hall–Kier alpha value is -1.36. The number of methoxy groups -OCH3 is 1. The van der Waals surface area contributed by atoms with E-state index in [1.54, 1.807) is 12.1 Å². The Morgan fingerprint density at radius 1 is 1.60 bits per heavy atom. The van der Waals surface area contributed by atoms with Crippen LogP contribution < -0.4 is 4.74 Å². The van der Waals surface area contributed by atoms with Gasteiger partial charge in [-0.3, -0.25) is 0 Å². The third-order valence-electron chi connectivity index (χ3n) is 1.69. The molecule has 0 aromatic heterocycles. The van der Waals surface area contributed by atoms with Gasteiger partial charge in [0.25, 0.3) is 0 Å². The highest BCUT2D eigenvalue weighted by atomic mass is 79.9. The molecule has 1 N–H and O–H groups in total. The molecule has 0 heterocycles. The molecule has 0 atom stereocenters. The number of carboxylic acid groups (broad SMARTS) is 1. The summed E-state index contributed by atoms with van der Waals surface area (Å²) in [5, 5.41) is 8.37. The largest absolute Gasteiger partial charge is 0.497 e. The fourth-order valence-corrected chi connectivity index (χ4v) is 1.32. The second kappa shape index (κ2) is 4.93. The lowest BCUT2D eigenvalue weighted by Gasteiger charge is -2.03. The van der Waals surface area contributed by atoms with Crippen molar-refractivity contribution in [1.29, 1.82) is 0 Å². The zero-order valence-corrected chi connectivity index (χ0v) is 9.42. The van der Waals surface area contributed by atoms with Crippen molar-refractivity contribution < 1.29 is 19.0 Å². The van der Waals surface area contributed by atoms with Crippen LogP contribution in [0.1, 0.15) is 5.56 Å². The molecule has 1 aromatic carbocycles. The van der Waals surface area contributed by atoms with Crippen molar-refractivity contribution in [1.82, 2.24) is 0 Å². The first-order chi connectivity index (χ1) is 7.04. The quantitative estimate of drug-likeness (QED) is 0.863. The van der Waals surface area contributed by atoms with Crippen molar-refractivity contribution in [2.75, 3.05) is 7.11 Å². The van der Waals surface area contributed by atoms with E-state index in [1.807, 2.05) is 0 Å². The van der Waals surface area contributed by atoms with E-state index >= 15 is 0 Å². The number of rotatable bonds is 3. The summed E-state index contributed by atoms with van der Waals surface area (Å²) < 4.78 is 18.4. The smallest absolute Gasteiger partial charge is 0.364 e. The van der Waals surface area contributed by atoms with Gasteiger partial charge in [0.15, 0.2) is 0 Å². The topological polar surface area (TPSA) is 46.5 Å². The number of aliphatic carboxylic acids is 1. The maximum atomic E-state index is 12.8. The van der Waals surface area contributed by atoms with E-state index in [4.69, 9.17) is 9.84 Å². The summed E-state index contributed by atoms with van der Waals surface area (Å²) in [6.07, 6.45) is 0.926. The predicted octanol–water partition coefficient (Wildman–Crippen LogP) is 2.85. The molecule has 0 aliphatic heterocycles. The van der Waals surface area contributed by atoms with E-state index in [0.29, 0.717) is 15.8 Å². The molecular weight excluding hydrogens is 267 g/mol. The highest BCUT2D eigenvalue weighted by molar-refractivity contribution is 9.10. The fourth-order valence-electron chi connectivity index (χ4n) is 0.958. The molecule has 3 nitrogen and oxygen atoms in total. The van der Waals surface area contributed by atoms with E-state index in [0.717, 1.165) is 6.08 Å². The average molecular weight is 275 g/mol. The summed E-state index contributed by atoms with van der Waals surface area (Å²) in [6, 6.07) is 4.87. The molecule has 0 radical (unpaired) electrons. The van der Waals surface area contributed by atoms with Crippen LogP contribution in [-0.2, 0) is 4.79 Å². The lowest BCUT2D eigenvalue weighted by atomic mass is 10.2. The zero-order valence-electron chi connectivity index (χ0n) is 7.83. The van der Waals surface area contributed by atoms with Crippen molar-refractivity contribution in [3.05, 3.63) is 34.1 Å². The Bertz CT molecular complexity index is 415. The minimum atomic E-state index is -1.59. The first kappa shape index (κ1) is 11.7. The van der Waals surface area contributed by atoms with E-state index in [9.17, 15) is 9.18 Å². The molecule has 0 amide bonds. The standard InChI is InChI=1S/C10H8BrFO3/c1-15-7-2-3-8(11)6(4-7)5-9(12)10(13)14/h2-5H,1H3,(H,13,14)/b9-5+. The number of halogens is 2. The fraction of sp³-hybridized carbons (Fsp3) is 0.100. The maximum Gasteiger partial charge on any atom is 0.364 e. The molecule has 80 valence electrons. The van der Waals surface area contributed by atoms with Crippen molar-refractivity contribution in [2.45, 2.75) is 0 Å². The summed E-state index contributed by atoms with van der Waals surface area (Å²) >= 11 is 3.18. The van der Waals surface area contributed by atoms with Crippen LogP contribution in [-0.4, -0.2) is 18.2 Å². The van der Waals surface area contributed by atoms with Crippen LogP contribution in [0.15, 0.2) is 28.5 Å². The van der Waals surface area contributed by atoms with Gasteiger partial charge in [0, 0.05) is 4.47 Å². The molecule has 15 heavy (non-hydrogen) atoms. The van der Waals surface area contributed by atoms with Crippen LogP contribution in [0.3, 0.4) is 0 Å². The van der Waals surface area contributed by atoms with Gasteiger partial charge in [0.1, 0.15) is 5.75 Å². The van der Waals surface area contributed by atoms with Crippen LogP contribution in [0.25, 0.3) is 6.08 Å². The summed E-state index contributed by atoms with van der Waals surface area (Å²) in [6.45, 7) is 0. The summed E-state index contributed by atoms with van der Waals surface area (Å²) in [5.74, 6) is -2.28. The molecule has 0 saturated heterocycles. The van der Waals surface area contributed by atoms with Crippen LogP contribution in [0.2, 0.25) is 0 Å². The lowest BCUT2D eigenvalue weighted by Crippen LogP contribution is -1.94. The van der Waals surface area contributed by atoms with Gasteiger partial charge in [-0.1, -0.05) is 15.9 Å². The molecule has 0 unspecified atom stereocenters. The zero-order chi connectivity index (χ0) is 11.4. The summed E-state index contributed by atoms with van der Waals surface area (Å²) in [7, 11) is 1.48. The van der Waals surface area contributed by atoms with Crippen LogP contribution in [0.5, 0.6) is 5.75 Å². The number of hydrogen-bond donors (Lipinski definition) is 1. The minimum absolute atomic E-state index is 0.411. The predicted molar refractivity (Wildman–Crippen MR) is 57.4 cm³/mol. The highest BCUT2D eigenvalue weighted by Crippen LogP contribution is 2.24. The summed E-state index contributed by atoms with van der Waals surface area (Å²) in [4.78, 5) is 10.3. The van der Waals surface area contributed by atoms with Gasteiger partial charge in [-0.25, -0.2) is 4.79 Å². The van der Waals surface area contributed by atoms with Gasteiger partial charge in [0.2, 0.25) is 5.83 Å².